The molecule has 0 bridgehead atoms. The van der Waals surface area contributed by atoms with Crippen LogP contribution in [0.3, 0.4) is 0 Å². The maximum Gasteiger partial charge on any atom is 0.261 e. The fourth-order valence-corrected chi connectivity index (χ4v) is 3.03. The summed E-state index contributed by atoms with van der Waals surface area (Å²) in [6.07, 6.45) is 0. The van der Waals surface area contributed by atoms with Crippen LogP contribution in [0, 0.1) is 13.8 Å². The summed E-state index contributed by atoms with van der Waals surface area (Å²) in [7, 11) is 1.56. The third-order valence-corrected chi connectivity index (χ3v) is 4.89. The van der Waals surface area contributed by atoms with E-state index in [4.69, 9.17) is 4.74 Å². The molecule has 2 rings (SSSR count). The Hall–Kier alpha value is -2.34. The largest absolute Gasteiger partial charge is 0.483 e. The summed E-state index contributed by atoms with van der Waals surface area (Å²) in [5, 5.41) is 2.60. The molecular formula is C21H25BrN2O3. The van der Waals surface area contributed by atoms with Crippen LogP contribution in [-0.2, 0) is 16.1 Å². The van der Waals surface area contributed by atoms with Gasteiger partial charge in [-0.3, -0.25) is 9.59 Å². The lowest BCUT2D eigenvalue weighted by Gasteiger charge is -2.28. The van der Waals surface area contributed by atoms with E-state index in [-0.39, 0.29) is 18.4 Å². The molecule has 0 unspecified atom stereocenters. The van der Waals surface area contributed by atoms with E-state index < -0.39 is 6.04 Å². The van der Waals surface area contributed by atoms with Crippen molar-refractivity contribution >= 4 is 27.7 Å². The predicted octanol–water partition coefficient (Wildman–Crippen LogP) is 3.61. The van der Waals surface area contributed by atoms with E-state index in [1.165, 1.54) is 4.90 Å². The topological polar surface area (TPSA) is 58.6 Å². The van der Waals surface area contributed by atoms with Crippen molar-refractivity contribution in [1.29, 1.82) is 0 Å². The highest BCUT2D eigenvalue weighted by atomic mass is 79.9. The number of carbonyl (C=O) groups is 2. The first kappa shape index (κ1) is 21.0. The predicted molar refractivity (Wildman–Crippen MR) is 110 cm³/mol. The van der Waals surface area contributed by atoms with Crippen molar-refractivity contribution in [3.05, 3.63) is 63.6 Å². The van der Waals surface area contributed by atoms with Gasteiger partial charge in [-0.05, 0) is 50.1 Å². The first-order chi connectivity index (χ1) is 12.8. The SMILES string of the molecule is CNC(=O)[C@H](C)N(Cc1ccc(Br)cc1)C(=O)COc1ccc(C)cc1C. The molecule has 144 valence electrons. The summed E-state index contributed by atoms with van der Waals surface area (Å²) in [6, 6.07) is 12.9. The third kappa shape index (κ3) is 5.82. The lowest BCUT2D eigenvalue weighted by molar-refractivity contribution is -0.142. The van der Waals surface area contributed by atoms with Crippen LogP contribution in [0.4, 0.5) is 0 Å². The summed E-state index contributed by atoms with van der Waals surface area (Å²) in [5.41, 5.74) is 3.05. The van der Waals surface area contributed by atoms with E-state index in [1.54, 1.807) is 14.0 Å². The van der Waals surface area contributed by atoms with Crippen LogP contribution < -0.4 is 10.1 Å². The Labute approximate surface area is 168 Å². The van der Waals surface area contributed by atoms with Crippen molar-refractivity contribution in [1.82, 2.24) is 10.2 Å². The van der Waals surface area contributed by atoms with Crippen molar-refractivity contribution in [2.24, 2.45) is 0 Å². The van der Waals surface area contributed by atoms with Crippen LogP contribution in [0.15, 0.2) is 46.9 Å². The average Bonchev–Trinajstić information content (AvgIpc) is 2.65. The van der Waals surface area contributed by atoms with Crippen LogP contribution in [0.1, 0.15) is 23.6 Å². The maximum absolute atomic E-state index is 12.8. The standard InChI is InChI=1S/C21H25BrN2O3/c1-14-5-10-19(15(2)11-14)27-13-20(25)24(16(3)21(26)23-4)12-17-6-8-18(22)9-7-17/h5-11,16H,12-13H2,1-4H3,(H,23,26)/t16-/m0/s1. The molecule has 0 saturated carbocycles. The van der Waals surface area contributed by atoms with Crippen LogP contribution in [-0.4, -0.2) is 36.4 Å². The smallest absolute Gasteiger partial charge is 0.261 e. The molecule has 0 aliphatic carbocycles. The number of aryl methyl sites for hydroxylation is 2. The molecule has 1 atom stereocenters. The highest BCUT2D eigenvalue weighted by Gasteiger charge is 2.26. The van der Waals surface area contributed by atoms with E-state index in [9.17, 15) is 9.59 Å². The number of likely N-dealkylation sites (N-methyl/N-ethyl adjacent to an activating group) is 1. The Morgan fingerprint density at radius 3 is 2.41 bits per heavy atom. The van der Waals surface area contributed by atoms with E-state index >= 15 is 0 Å². The fraction of sp³-hybridized carbons (Fsp3) is 0.333. The molecule has 0 aliphatic heterocycles. The fourth-order valence-electron chi connectivity index (χ4n) is 2.76. The van der Waals surface area contributed by atoms with Crippen molar-refractivity contribution < 1.29 is 14.3 Å². The van der Waals surface area contributed by atoms with Gasteiger partial charge in [0, 0.05) is 18.1 Å². The molecule has 5 nitrogen and oxygen atoms in total. The number of halogens is 1. The van der Waals surface area contributed by atoms with Gasteiger partial charge in [-0.25, -0.2) is 0 Å². The van der Waals surface area contributed by atoms with Crippen LogP contribution in [0.5, 0.6) is 5.75 Å². The Morgan fingerprint density at radius 1 is 1.15 bits per heavy atom. The Kier molecular flexibility index (Phi) is 7.42. The maximum atomic E-state index is 12.8. The average molecular weight is 433 g/mol. The van der Waals surface area contributed by atoms with E-state index in [0.717, 1.165) is 21.2 Å². The molecule has 2 aromatic carbocycles. The summed E-state index contributed by atoms with van der Waals surface area (Å²) >= 11 is 3.40. The van der Waals surface area contributed by atoms with Crippen molar-refractivity contribution in [2.75, 3.05) is 13.7 Å². The summed E-state index contributed by atoms with van der Waals surface area (Å²) < 4.78 is 6.68. The summed E-state index contributed by atoms with van der Waals surface area (Å²) in [4.78, 5) is 26.5. The molecule has 2 aromatic rings. The second kappa shape index (κ2) is 9.55. The molecule has 0 aromatic heterocycles. The van der Waals surface area contributed by atoms with Crippen LogP contribution in [0.2, 0.25) is 0 Å². The van der Waals surface area contributed by atoms with Gasteiger partial charge in [0.2, 0.25) is 5.91 Å². The number of rotatable bonds is 7. The Bertz CT molecular complexity index is 806. The number of nitrogens with one attached hydrogen (secondary N) is 1. The molecule has 1 N–H and O–H groups in total. The summed E-state index contributed by atoms with van der Waals surface area (Å²) in [6.45, 7) is 5.87. The Morgan fingerprint density at radius 2 is 1.81 bits per heavy atom. The van der Waals surface area contributed by atoms with Crippen LogP contribution >= 0.6 is 15.9 Å². The minimum absolute atomic E-state index is 0.123. The second-order valence-corrected chi connectivity index (χ2v) is 7.41. The number of ether oxygens (including phenoxy) is 1. The zero-order valence-corrected chi connectivity index (χ0v) is 17.7. The van der Waals surface area contributed by atoms with Gasteiger partial charge in [0.05, 0.1) is 0 Å². The number of nitrogens with zero attached hydrogens (tertiary/aromatic N) is 1. The normalized spacial score (nSPS) is 11.6. The number of hydrogen-bond acceptors (Lipinski definition) is 3. The van der Waals surface area contributed by atoms with Gasteiger partial charge in [-0.1, -0.05) is 45.8 Å². The van der Waals surface area contributed by atoms with Crippen LogP contribution in [0.25, 0.3) is 0 Å². The molecule has 0 saturated heterocycles. The Balaban J connectivity index is 2.14. The molecule has 0 aliphatic rings. The lowest BCUT2D eigenvalue weighted by atomic mass is 10.1. The molecule has 27 heavy (non-hydrogen) atoms. The molecule has 0 radical (unpaired) electrons. The highest BCUT2D eigenvalue weighted by molar-refractivity contribution is 9.10. The highest BCUT2D eigenvalue weighted by Crippen LogP contribution is 2.19. The second-order valence-electron chi connectivity index (χ2n) is 6.50. The zero-order valence-electron chi connectivity index (χ0n) is 16.1. The number of benzene rings is 2. The van der Waals surface area contributed by atoms with Gasteiger partial charge < -0.3 is 15.0 Å². The van der Waals surface area contributed by atoms with Crippen molar-refractivity contribution in [3.8, 4) is 5.75 Å². The first-order valence-electron chi connectivity index (χ1n) is 8.77. The molecule has 2 amide bonds. The van der Waals surface area contributed by atoms with Gasteiger partial charge in [0.1, 0.15) is 11.8 Å². The van der Waals surface area contributed by atoms with Gasteiger partial charge >= 0.3 is 0 Å². The molecule has 0 spiro atoms. The monoisotopic (exact) mass is 432 g/mol. The van der Waals surface area contributed by atoms with E-state index in [0.29, 0.717) is 12.3 Å². The third-order valence-electron chi connectivity index (χ3n) is 4.36. The summed E-state index contributed by atoms with van der Waals surface area (Å²) in [5.74, 6) is 0.214. The van der Waals surface area contributed by atoms with Gasteiger partial charge in [0.25, 0.3) is 5.91 Å². The molecular weight excluding hydrogens is 408 g/mol. The van der Waals surface area contributed by atoms with Crippen molar-refractivity contribution in [2.45, 2.75) is 33.4 Å². The minimum atomic E-state index is -0.603. The quantitative estimate of drug-likeness (QED) is 0.726. The van der Waals surface area contributed by atoms with E-state index in [1.807, 2.05) is 56.3 Å². The van der Waals surface area contributed by atoms with Gasteiger partial charge in [-0.15, -0.1) is 0 Å². The van der Waals surface area contributed by atoms with Gasteiger partial charge in [-0.2, -0.15) is 0 Å². The zero-order chi connectivity index (χ0) is 20.0. The lowest BCUT2D eigenvalue weighted by Crippen LogP contribution is -2.48. The van der Waals surface area contributed by atoms with E-state index in [2.05, 4.69) is 21.2 Å². The van der Waals surface area contributed by atoms with Gasteiger partial charge in [0.15, 0.2) is 6.61 Å². The minimum Gasteiger partial charge on any atom is -0.483 e. The molecule has 0 heterocycles. The number of carbonyl (C=O) groups excluding carboxylic acids is 2. The first-order valence-corrected chi connectivity index (χ1v) is 9.56. The number of hydrogen-bond donors (Lipinski definition) is 1. The molecule has 6 heteroatoms. The van der Waals surface area contributed by atoms with Crippen molar-refractivity contribution in [3.63, 3.8) is 0 Å². The number of amides is 2. The molecule has 0 fully saturated rings.